The molecule has 0 N–H and O–H groups in total. The Hall–Kier alpha value is -0.721. The van der Waals surface area contributed by atoms with Gasteiger partial charge in [0, 0.05) is 5.75 Å². The molecule has 0 aliphatic carbocycles. The van der Waals surface area contributed by atoms with Crippen molar-refractivity contribution in [3.05, 3.63) is 30.3 Å². The topological polar surface area (TPSA) is 43.4 Å². The molecular weight excluding hydrogens is 285 g/mol. The molecule has 0 atom stereocenters. The fourth-order valence-electron chi connectivity index (χ4n) is 0.601. The van der Waals surface area contributed by atoms with E-state index in [1.165, 1.54) is 12.1 Å². The summed E-state index contributed by atoms with van der Waals surface area (Å²) in [7, 11) is -5.56. The second-order valence-electron chi connectivity index (χ2n) is 2.22. The third-order valence-corrected chi connectivity index (χ3v) is 2.16. The zero-order valence-electron chi connectivity index (χ0n) is 6.88. The first-order valence-corrected chi connectivity index (χ1v) is 4.70. The molecule has 0 saturated heterocycles. The molecule has 1 aromatic carbocycles. The molecule has 1 aromatic rings. The van der Waals surface area contributed by atoms with Crippen molar-refractivity contribution in [2.24, 2.45) is 0 Å². The zero-order valence-corrected chi connectivity index (χ0v) is 8.64. The number of benzene rings is 1. The van der Waals surface area contributed by atoms with Gasteiger partial charge in [0.1, 0.15) is 0 Å². The van der Waals surface area contributed by atoms with Crippen LogP contribution >= 0.6 is 0 Å². The molecule has 8 heteroatoms. The minimum Gasteiger partial charge on any atom is -0.403 e. The van der Waals surface area contributed by atoms with Gasteiger partial charge in [0.2, 0.25) is 0 Å². The summed E-state index contributed by atoms with van der Waals surface area (Å²) in [4.78, 5) is 0. The van der Waals surface area contributed by atoms with Gasteiger partial charge in [0.25, 0.3) is 0 Å². The summed E-state index contributed by atoms with van der Waals surface area (Å²) >= 11 is 0. The molecule has 0 unspecified atom stereocenters. The van der Waals surface area contributed by atoms with Crippen LogP contribution in [-0.2, 0) is 27.2 Å². The number of rotatable bonds is 2. The van der Waals surface area contributed by atoms with Gasteiger partial charge in [0.05, 0.1) is 0 Å². The van der Waals surface area contributed by atoms with E-state index in [2.05, 4.69) is 10.2 Å². The van der Waals surface area contributed by atoms with E-state index >= 15 is 0 Å². The van der Waals surface area contributed by atoms with E-state index in [4.69, 9.17) is 0 Å². The monoisotopic (exact) mass is 288 g/mol. The average Bonchev–Trinajstić information content (AvgIpc) is 2.03. The van der Waals surface area contributed by atoms with Gasteiger partial charge in [-0.25, -0.2) is 0 Å². The maximum Gasteiger partial charge on any atom is 1.00 e. The minimum atomic E-state index is -5.56. The van der Waals surface area contributed by atoms with Gasteiger partial charge in [-0.05, 0) is 0 Å². The van der Waals surface area contributed by atoms with E-state index in [1.54, 1.807) is 0 Å². The molecule has 3 nitrogen and oxygen atoms in total. The first kappa shape index (κ1) is 14.3. The molecule has 0 spiro atoms. The van der Waals surface area contributed by atoms with Crippen LogP contribution in [0.2, 0.25) is 0 Å². The Morgan fingerprint density at radius 3 is 2.07 bits per heavy atom. The van der Waals surface area contributed by atoms with Crippen molar-refractivity contribution in [3.63, 3.8) is 0 Å². The number of halogens is 3. The molecule has 0 amide bonds. The molecule has 0 saturated carbocycles. The van der Waals surface area contributed by atoms with Crippen LogP contribution in [0.1, 0.15) is 0 Å². The van der Waals surface area contributed by atoms with Crippen molar-refractivity contribution in [3.8, 4) is 5.75 Å². The molecule has 0 radical (unpaired) electrons. The molecule has 0 bridgehead atoms. The summed E-state index contributed by atoms with van der Waals surface area (Å²) in [6.45, 7) is 0. The van der Waals surface area contributed by atoms with Crippen LogP contribution in [0.4, 0.5) is 13.2 Å². The number of alkyl halides is 3. The summed E-state index contributed by atoms with van der Waals surface area (Å²) in [5, 5.41) is 0. The van der Waals surface area contributed by atoms with E-state index in [0.29, 0.717) is 0 Å². The van der Waals surface area contributed by atoms with Crippen LogP contribution in [-0.4, -0.2) is 13.9 Å². The molecule has 0 fully saturated rings. The van der Waals surface area contributed by atoms with Crippen molar-refractivity contribution in [2.75, 3.05) is 0 Å². The van der Waals surface area contributed by atoms with Gasteiger partial charge in [-0.15, -0.1) is 12.1 Å². The average molecular weight is 289 g/mol. The molecule has 15 heavy (non-hydrogen) atoms. The normalized spacial score (nSPS) is 11.7. The summed E-state index contributed by atoms with van der Waals surface area (Å²) in [6, 6.07) is 7.09. The van der Waals surface area contributed by atoms with E-state index in [-0.39, 0.29) is 17.1 Å². The first-order valence-electron chi connectivity index (χ1n) is 3.30. The van der Waals surface area contributed by atoms with E-state index in [1.807, 2.05) is 0 Å². The van der Waals surface area contributed by atoms with Crippen molar-refractivity contribution < 1.29 is 42.8 Å². The predicted octanol–water partition coefficient (Wildman–Crippen LogP) is 1.71. The van der Waals surface area contributed by atoms with Gasteiger partial charge in [-0.2, -0.15) is 39.8 Å². The number of hydrogen-bond acceptors (Lipinski definition) is 3. The van der Waals surface area contributed by atoms with Crippen molar-refractivity contribution >= 4 is 10.1 Å². The van der Waals surface area contributed by atoms with Crippen LogP contribution in [0, 0.1) is 6.07 Å². The quantitative estimate of drug-likeness (QED) is 0.360. The fraction of sp³-hybridized carbons (Fsp3) is 0.143. The Balaban J connectivity index is 0.00000196. The number of hydrogen-bond donors (Lipinski definition) is 0. The molecule has 0 heterocycles. The van der Waals surface area contributed by atoms with E-state index in [0.717, 1.165) is 12.1 Å². The fourth-order valence-corrected chi connectivity index (χ4v) is 1.06. The summed E-state index contributed by atoms with van der Waals surface area (Å²) in [6.07, 6.45) is 0. The van der Waals surface area contributed by atoms with Gasteiger partial charge >= 0.3 is 32.7 Å². The summed E-state index contributed by atoms with van der Waals surface area (Å²) in [5.74, 6) is -0.402. The molecule has 0 aromatic heterocycles. The third-order valence-electron chi connectivity index (χ3n) is 1.18. The smallest absolute Gasteiger partial charge is 0.403 e. The maximum absolute atomic E-state index is 11.8. The zero-order chi connectivity index (χ0) is 10.8. The van der Waals surface area contributed by atoms with Gasteiger partial charge in [-0.3, -0.25) is 0 Å². The Labute approximate surface area is 94.8 Å². The van der Waals surface area contributed by atoms with Crippen molar-refractivity contribution in [1.82, 2.24) is 0 Å². The van der Waals surface area contributed by atoms with Gasteiger partial charge in [0.15, 0.2) is 0 Å². The first-order chi connectivity index (χ1) is 6.33. The van der Waals surface area contributed by atoms with Crippen LogP contribution in [0.15, 0.2) is 24.3 Å². The van der Waals surface area contributed by atoms with Crippen LogP contribution < -0.4 is 4.18 Å². The SMILES string of the molecule is O=S(=O)(Oc1cc[c-]cc1)C(F)(F)F.[Cu+]. The standard InChI is InChI=1S/C7H4F3O3S.Cu/c8-7(9,10)14(11,12)13-6-4-2-1-3-5-6;/h2-5H;/q-1;+1. The predicted molar refractivity (Wildman–Crippen MR) is 40.9 cm³/mol. The maximum atomic E-state index is 11.8. The summed E-state index contributed by atoms with van der Waals surface area (Å²) < 4.78 is 60.1. The van der Waals surface area contributed by atoms with Crippen LogP contribution in [0.25, 0.3) is 0 Å². The van der Waals surface area contributed by atoms with Crippen molar-refractivity contribution in [1.29, 1.82) is 0 Å². The van der Waals surface area contributed by atoms with Crippen molar-refractivity contribution in [2.45, 2.75) is 5.51 Å². The molecule has 88 valence electrons. The molecule has 0 aliphatic rings. The second kappa shape index (κ2) is 4.87. The Morgan fingerprint density at radius 2 is 1.67 bits per heavy atom. The molecule has 0 aliphatic heterocycles. The molecular formula is C7H4CuF3O3S. The second-order valence-corrected chi connectivity index (χ2v) is 3.76. The van der Waals surface area contributed by atoms with Crippen LogP contribution in [0.5, 0.6) is 5.75 Å². The third kappa shape index (κ3) is 3.73. The van der Waals surface area contributed by atoms with Gasteiger partial charge in [-0.1, -0.05) is 0 Å². The summed E-state index contributed by atoms with van der Waals surface area (Å²) in [5.41, 5.74) is -5.41. The molecule has 1 rings (SSSR count). The Kier molecular flexibility index (Phi) is 4.63. The minimum absolute atomic E-state index is 0. The Bertz CT molecular complexity index is 401. The van der Waals surface area contributed by atoms with Gasteiger partial charge < -0.3 is 4.18 Å². The van der Waals surface area contributed by atoms with E-state index in [9.17, 15) is 21.6 Å². The van der Waals surface area contributed by atoms with Crippen LogP contribution in [0.3, 0.4) is 0 Å². The van der Waals surface area contributed by atoms with E-state index < -0.39 is 21.4 Å². The largest absolute Gasteiger partial charge is 1.00 e. The Morgan fingerprint density at radius 1 is 1.20 bits per heavy atom.